The molecule has 0 radical (unpaired) electrons. The summed E-state index contributed by atoms with van der Waals surface area (Å²) in [7, 11) is -7.08. The van der Waals surface area contributed by atoms with Crippen molar-refractivity contribution in [3.05, 3.63) is 69.5 Å². The Morgan fingerprint density at radius 2 is 1.43 bits per heavy atom. The minimum atomic E-state index is -4.45. The Labute approximate surface area is 346 Å². The molecule has 4 aliphatic rings. The molecule has 17 nitrogen and oxygen atoms in total. The summed E-state index contributed by atoms with van der Waals surface area (Å²) in [6.07, 6.45) is 5.57. The van der Waals surface area contributed by atoms with E-state index in [1.54, 1.807) is 7.05 Å². The summed E-state index contributed by atoms with van der Waals surface area (Å²) in [4.78, 5) is 26.3. The van der Waals surface area contributed by atoms with Crippen LogP contribution in [0.15, 0.2) is 34.3 Å². The number of aromatic nitrogens is 4. The molecule has 4 heterocycles. The molecule has 2 aliphatic heterocycles. The normalized spacial score (nSPS) is 18.7. The number of anilines is 2. The molecular weight excluding hydrogens is 825 g/mol. The van der Waals surface area contributed by atoms with Crippen LogP contribution >= 0.6 is 0 Å². The molecule has 4 amide bonds. The number of ether oxygens (including phenoxy) is 2. The van der Waals surface area contributed by atoms with Crippen molar-refractivity contribution in [3.63, 3.8) is 0 Å². The van der Waals surface area contributed by atoms with Crippen LogP contribution in [0, 0.1) is 17.6 Å². The third-order valence-electron chi connectivity index (χ3n) is 11.7. The first-order valence-corrected chi connectivity index (χ1v) is 22.9. The number of aryl methyl sites for hydroxylation is 1. The number of nitrogens with one attached hydrogen (secondary N) is 5. The van der Waals surface area contributed by atoms with E-state index in [1.807, 2.05) is 25.5 Å². The summed E-state index contributed by atoms with van der Waals surface area (Å²) in [6.45, 7) is 6.85. The van der Waals surface area contributed by atoms with Crippen LogP contribution in [0.2, 0.25) is 0 Å². The van der Waals surface area contributed by atoms with E-state index in [0.717, 1.165) is 12.4 Å². The van der Waals surface area contributed by atoms with E-state index in [1.165, 1.54) is 21.5 Å². The molecule has 0 spiro atoms. The molecule has 2 aromatic heterocycles. The number of hydrogen-bond acceptors (Lipinski definition) is 11. The van der Waals surface area contributed by atoms with Crippen molar-refractivity contribution in [1.82, 2.24) is 34.3 Å². The van der Waals surface area contributed by atoms with Gasteiger partial charge in [0.25, 0.3) is 20.0 Å². The average molecular weight is 872 g/mol. The van der Waals surface area contributed by atoms with Gasteiger partial charge in [-0.05, 0) is 109 Å². The van der Waals surface area contributed by atoms with Crippen LogP contribution < -0.4 is 34.9 Å². The van der Waals surface area contributed by atoms with Crippen molar-refractivity contribution in [2.75, 3.05) is 30.9 Å². The van der Waals surface area contributed by atoms with Gasteiger partial charge >= 0.3 is 12.1 Å². The van der Waals surface area contributed by atoms with E-state index < -0.39 is 43.8 Å². The van der Waals surface area contributed by atoms with E-state index in [2.05, 4.69) is 30.9 Å². The first kappa shape index (κ1) is 41.5. The fourth-order valence-electron chi connectivity index (χ4n) is 8.87. The molecule has 21 heteroatoms. The maximum Gasteiger partial charge on any atom is 0.333 e. The van der Waals surface area contributed by atoms with Crippen LogP contribution in [0.5, 0.6) is 11.8 Å². The number of urea groups is 2. The minimum Gasteiger partial charge on any atom is -0.477 e. The number of halogens is 2. The maximum atomic E-state index is 16.2. The standard InChI is InChI=1S/C39H47F2N9O8S2/c1-20(2)27-14-23(40)15-28(35(27)46-39(52)48-60(55,56)32-17-44-50-18-24(42-4)19-58-37(32)50)21(3)11-22-12-29-30(13-22)34(26-8-5-7-25(26)33(29)41)45-38(51)47-59(53,54)31-16-43-49-9-6-10-57-36(31)49/h14-17,20-22,24,42H,5-13,18-19H2,1-4H3,(H2,45,47,51)(H2,46,48,52)/t21?,22?,24-/m1/s1. The Morgan fingerprint density at radius 3 is 2.12 bits per heavy atom. The van der Waals surface area contributed by atoms with E-state index >= 15 is 8.78 Å². The van der Waals surface area contributed by atoms with Gasteiger partial charge in [0.1, 0.15) is 18.2 Å². The Balaban J connectivity index is 1.01. The Bertz CT molecular complexity index is 2610. The van der Waals surface area contributed by atoms with Gasteiger partial charge in [-0.1, -0.05) is 20.8 Å². The van der Waals surface area contributed by atoms with Gasteiger partial charge in [0.2, 0.25) is 11.8 Å². The molecule has 2 aromatic carbocycles. The zero-order valence-corrected chi connectivity index (χ0v) is 35.2. The molecule has 0 bridgehead atoms. The lowest BCUT2D eigenvalue weighted by Gasteiger charge is -2.25. The predicted octanol–water partition coefficient (Wildman–Crippen LogP) is 4.66. The van der Waals surface area contributed by atoms with Gasteiger partial charge in [-0.15, -0.1) is 0 Å². The molecule has 4 aromatic rings. The van der Waals surface area contributed by atoms with Crippen molar-refractivity contribution in [2.24, 2.45) is 5.92 Å². The molecule has 3 atom stereocenters. The number of fused-ring (bicyclic) bond motifs is 4. The predicted molar refractivity (Wildman–Crippen MR) is 214 cm³/mol. The third-order valence-corrected chi connectivity index (χ3v) is 14.3. The van der Waals surface area contributed by atoms with Gasteiger partial charge in [0.05, 0.1) is 31.6 Å². The summed E-state index contributed by atoms with van der Waals surface area (Å²) in [6, 6.07) is 0.445. The van der Waals surface area contributed by atoms with Gasteiger partial charge in [0, 0.05) is 24.3 Å². The van der Waals surface area contributed by atoms with E-state index in [9.17, 15) is 26.4 Å². The summed E-state index contributed by atoms with van der Waals surface area (Å²) < 4.78 is 103. The molecule has 8 rings (SSSR count). The zero-order chi connectivity index (χ0) is 42.7. The lowest BCUT2D eigenvalue weighted by molar-refractivity contribution is 0.184. The average Bonchev–Trinajstić information content (AvgIpc) is 4.02. The number of likely N-dealkylation sites (N-methyl/N-ethyl adjacent to an activating group) is 1. The number of carbonyl (C=O) groups is 2. The number of sulfonamides is 2. The lowest BCUT2D eigenvalue weighted by atomic mass is 9.85. The van der Waals surface area contributed by atoms with Crippen molar-refractivity contribution in [3.8, 4) is 11.8 Å². The quantitative estimate of drug-likeness (QED) is 0.140. The SMILES string of the molecule is CN[C@H]1COc2c(S(=O)(=O)NC(=O)Nc3c(C(C)C)cc(F)cc3C(C)CC3Cc4c(F)c5c(c(NC(=O)NS(=O)(=O)c6cnn7c6OCCC7)c4C3)CCC5)cnn2C1. The number of hydrogen-bond donors (Lipinski definition) is 5. The second-order valence-corrected chi connectivity index (χ2v) is 19.4. The number of rotatable bonds is 11. The van der Waals surface area contributed by atoms with Gasteiger partial charge in [0.15, 0.2) is 9.79 Å². The second kappa shape index (κ2) is 16.0. The molecular formula is C39H47F2N9O8S2. The van der Waals surface area contributed by atoms with Crippen LogP contribution in [-0.4, -0.2) is 74.8 Å². The summed E-state index contributed by atoms with van der Waals surface area (Å²) in [5, 5.41) is 16.7. The highest BCUT2D eigenvalue weighted by molar-refractivity contribution is 7.90. The Morgan fingerprint density at radius 1 is 0.817 bits per heavy atom. The van der Waals surface area contributed by atoms with Crippen LogP contribution in [0.1, 0.15) is 85.3 Å². The van der Waals surface area contributed by atoms with Crippen LogP contribution in [0.4, 0.5) is 29.7 Å². The fourth-order valence-corrected chi connectivity index (χ4v) is 10.8. The topological polar surface area (TPSA) is 217 Å². The molecule has 0 fully saturated rings. The number of nitrogens with zero attached hydrogens (tertiary/aromatic N) is 4. The molecule has 60 heavy (non-hydrogen) atoms. The Hall–Kier alpha value is -5.28. The largest absolute Gasteiger partial charge is 0.477 e. The van der Waals surface area contributed by atoms with Crippen molar-refractivity contribution < 1.29 is 44.7 Å². The summed E-state index contributed by atoms with van der Waals surface area (Å²) >= 11 is 0. The fraction of sp³-hybridized carbons (Fsp3) is 0.487. The highest BCUT2D eigenvalue weighted by Gasteiger charge is 2.37. The number of benzene rings is 2. The monoisotopic (exact) mass is 871 g/mol. The molecule has 0 saturated heterocycles. The van der Waals surface area contributed by atoms with E-state index in [-0.39, 0.29) is 57.5 Å². The Kier molecular flexibility index (Phi) is 11.0. The first-order valence-electron chi connectivity index (χ1n) is 19.9. The van der Waals surface area contributed by atoms with Crippen LogP contribution in [0.3, 0.4) is 0 Å². The zero-order valence-electron chi connectivity index (χ0n) is 33.5. The minimum absolute atomic E-state index is 0.00646. The molecule has 322 valence electrons. The van der Waals surface area contributed by atoms with Gasteiger partial charge in [-0.2, -0.15) is 10.2 Å². The maximum absolute atomic E-state index is 16.2. The van der Waals surface area contributed by atoms with Crippen molar-refractivity contribution in [1.29, 1.82) is 0 Å². The number of carbonyl (C=O) groups excluding carboxylic acids is 2. The molecule has 2 unspecified atom stereocenters. The lowest BCUT2D eigenvalue weighted by Crippen LogP contribution is -2.40. The molecule has 2 aliphatic carbocycles. The highest BCUT2D eigenvalue weighted by Crippen LogP contribution is 2.46. The van der Waals surface area contributed by atoms with Crippen LogP contribution in [0.25, 0.3) is 0 Å². The van der Waals surface area contributed by atoms with E-state index in [4.69, 9.17) is 9.47 Å². The van der Waals surface area contributed by atoms with Crippen molar-refractivity contribution in [2.45, 2.75) is 106 Å². The van der Waals surface area contributed by atoms with Crippen LogP contribution in [-0.2, 0) is 58.8 Å². The second-order valence-electron chi connectivity index (χ2n) is 16.1. The first-order chi connectivity index (χ1) is 28.5. The van der Waals surface area contributed by atoms with E-state index in [0.29, 0.717) is 104 Å². The molecule has 0 saturated carbocycles. The summed E-state index contributed by atoms with van der Waals surface area (Å²) in [5.41, 5.74) is 3.63. The van der Waals surface area contributed by atoms with Gasteiger partial charge in [-0.25, -0.2) is 54.0 Å². The van der Waals surface area contributed by atoms with Gasteiger partial charge < -0.3 is 25.4 Å². The molecule has 5 N–H and O–H groups in total. The highest BCUT2D eigenvalue weighted by atomic mass is 32.2. The number of amides is 4. The summed E-state index contributed by atoms with van der Waals surface area (Å²) in [5.74, 6) is -1.73. The third kappa shape index (κ3) is 7.77. The van der Waals surface area contributed by atoms with Gasteiger partial charge in [-0.3, -0.25) is 0 Å². The van der Waals surface area contributed by atoms with Crippen molar-refractivity contribution >= 4 is 43.5 Å². The smallest absolute Gasteiger partial charge is 0.333 e.